The Morgan fingerprint density at radius 3 is 2.65 bits per heavy atom. The van der Waals surface area contributed by atoms with Gasteiger partial charge in [-0.15, -0.1) is 0 Å². The van der Waals surface area contributed by atoms with Gasteiger partial charge in [0.15, 0.2) is 5.17 Å². The first-order valence-electron chi connectivity index (χ1n) is 7.13. The Kier molecular flexibility index (Phi) is 6.70. The van der Waals surface area contributed by atoms with Crippen LogP contribution in [0, 0.1) is 0 Å². The number of amidine groups is 1. The van der Waals surface area contributed by atoms with Crippen molar-refractivity contribution in [2.75, 3.05) is 25.4 Å². The predicted octanol–water partition coefficient (Wildman–Crippen LogP) is 3.37. The molecular weight excluding hydrogens is 290 g/mol. The van der Waals surface area contributed by atoms with Crippen LogP contribution in [-0.2, 0) is 6.54 Å². The summed E-state index contributed by atoms with van der Waals surface area (Å²) in [6, 6.07) is 7.73. The second kappa shape index (κ2) is 8.55. The van der Waals surface area contributed by atoms with E-state index in [0.29, 0.717) is 11.7 Å². The summed E-state index contributed by atoms with van der Waals surface area (Å²) >= 11 is 7.50. The molecule has 0 aliphatic carbocycles. The maximum absolute atomic E-state index is 5.92. The van der Waals surface area contributed by atoms with Gasteiger partial charge in [0.2, 0.25) is 0 Å². The van der Waals surface area contributed by atoms with Gasteiger partial charge in [-0.1, -0.05) is 35.5 Å². The molecule has 1 aliphatic heterocycles. The normalized spacial score (nSPS) is 16.8. The zero-order chi connectivity index (χ0) is 14.2. The number of nitrogens with zero attached hydrogens (tertiary/aromatic N) is 2. The zero-order valence-electron chi connectivity index (χ0n) is 11.7. The van der Waals surface area contributed by atoms with E-state index in [-0.39, 0.29) is 0 Å². The van der Waals surface area contributed by atoms with E-state index in [0.717, 1.165) is 16.3 Å². The molecule has 0 bridgehead atoms. The number of thioether (sulfide) groups is 1. The molecule has 0 saturated carbocycles. The highest BCUT2D eigenvalue weighted by atomic mass is 35.5. The quantitative estimate of drug-likeness (QED) is 0.497. The number of likely N-dealkylation sites (tertiary alicyclic amines) is 1. The summed E-state index contributed by atoms with van der Waals surface area (Å²) in [6.07, 6.45) is 3.90. The Balaban J connectivity index is 1.62. The van der Waals surface area contributed by atoms with Crippen LogP contribution in [0.3, 0.4) is 0 Å². The maximum Gasteiger partial charge on any atom is 0.154 e. The molecule has 20 heavy (non-hydrogen) atoms. The van der Waals surface area contributed by atoms with E-state index in [1.165, 1.54) is 38.9 Å². The average molecular weight is 312 g/mol. The van der Waals surface area contributed by atoms with Gasteiger partial charge in [0, 0.05) is 10.8 Å². The van der Waals surface area contributed by atoms with Gasteiger partial charge in [0.1, 0.15) is 0 Å². The maximum atomic E-state index is 5.92. The number of halogens is 1. The highest BCUT2D eigenvalue weighted by Crippen LogP contribution is 2.12. The smallest absolute Gasteiger partial charge is 0.154 e. The fourth-order valence-electron chi connectivity index (χ4n) is 2.28. The lowest BCUT2D eigenvalue weighted by Gasteiger charge is -2.13. The molecule has 3 nitrogen and oxygen atoms in total. The Morgan fingerprint density at radius 1 is 1.25 bits per heavy atom. The summed E-state index contributed by atoms with van der Waals surface area (Å²) in [5.41, 5.74) is 7.05. The molecule has 0 atom stereocenters. The standard InChI is InChI=1S/C15H22ClN3S/c16-14-6-4-13(5-7-14)12-18-15(17)20-11-3-10-19-8-1-2-9-19/h4-7H,1-3,8-12H2,(H2,17,18). The van der Waals surface area contributed by atoms with Gasteiger partial charge in [-0.3, -0.25) is 4.99 Å². The third-order valence-corrected chi connectivity index (χ3v) is 4.57. The Hall–Kier alpha value is -0.710. The van der Waals surface area contributed by atoms with Crippen LogP contribution in [0.2, 0.25) is 5.02 Å². The highest BCUT2D eigenvalue weighted by Gasteiger charge is 2.10. The van der Waals surface area contributed by atoms with Crippen LogP contribution < -0.4 is 5.73 Å². The molecule has 2 rings (SSSR count). The summed E-state index contributed by atoms with van der Waals surface area (Å²) in [4.78, 5) is 6.92. The number of rotatable bonds is 6. The molecule has 110 valence electrons. The van der Waals surface area contributed by atoms with E-state index in [4.69, 9.17) is 17.3 Å². The molecule has 0 unspecified atom stereocenters. The van der Waals surface area contributed by atoms with Gasteiger partial charge in [-0.05, 0) is 56.6 Å². The molecule has 1 heterocycles. The Bertz CT molecular complexity index is 427. The van der Waals surface area contributed by atoms with E-state index >= 15 is 0 Å². The molecule has 5 heteroatoms. The molecule has 1 fully saturated rings. The van der Waals surface area contributed by atoms with E-state index in [9.17, 15) is 0 Å². The van der Waals surface area contributed by atoms with Gasteiger partial charge < -0.3 is 10.6 Å². The van der Waals surface area contributed by atoms with Crippen molar-refractivity contribution >= 4 is 28.5 Å². The first kappa shape index (κ1) is 15.7. The number of nitrogens with two attached hydrogens (primary N) is 1. The number of hydrogen-bond donors (Lipinski definition) is 1. The lowest BCUT2D eigenvalue weighted by molar-refractivity contribution is 0.341. The Labute approximate surface area is 130 Å². The zero-order valence-corrected chi connectivity index (χ0v) is 13.3. The van der Waals surface area contributed by atoms with E-state index in [1.54, 1.807) is 11.8 Å². The molecular formula is C15H22ClN3S. The highest BCUT2D eigenvalue weighted by molar-refractivity contribution is 8.13. The van der Waals surface area contributed by atoms with Crippen molar-refractivity contribution in [1.29, 1.82) is 0 Å². The van der Waals surface area contributed by atoms with Crippen molar-refractivity contribution in [3.8, 4) is 0 Å². The van der Waals surface area contributed by atoms with Gasteiger partial charge in [0.25, 0.3) is 0 Å². The van der Waals surface area contributed by atoms with Crippen LogP contribution in [-0.4, -0.2) is 35.5 Å². The second-order valence-corrected chi connectivity index (χ2v) is 6.58. The first-order chi connectivity index (χ1) is 9.74. The van der Waals surface area contributed by atoms with Gasteiger partial charge in [-0.2, -0.15) is 0 Å². The fraction of sp³-hybridized carbons (Fsp3) is 0.533. The van der Waals surface area contributed by atoms with Gasteiger partial charge >= 0.3 is 0 Å². The predicted molar refractivity (Wildman–Crippen MR) is 89.5 cm³/mol. The van der Waals surface area contributed by atoms with E-state index in [2.05, 4.69) is 9.89 Å². The van der Waals surface area contributed by atoms with E-state index < -0.39 is 0 Å². The first-order valence-corrected chi connectivity index (χ1v) is 8.50. The molecule has 1 aliphatic rings. The minimum atomic E-state index is 0.627. The topological polar surface area (TPSA) is 41.6 Å². The summed E-state index contributed by atoms with van der Waals surface area (Å²) in [5, 5.41) is 1.43. The molecule has 1 aromatic carbocycles. The summed E-state index contributed by atoms with van der Waals surface area (Å²) in [5.74, 6) is 1.05. The molecule has 0 spiro atoms. The minimum Gasteiger partial charge on any atom is -0.379 e. The van der Waals surface area contributed by atoms with Crippen molar-refractivity contribution in [2.24, 2.45) is 10.7 Å². The summed E-state index contributed by atoms with van der Waals surface area (Å²) < 4.78 is 0. The van der Waals surface area contributed by atoms with Crippen molar-refractivity contribution in [1.82, 2.24) is 4.90 Å². The average Bonchev–Trinajstić information content (AvgIpc) is 2.96. The molecule has 1 saturated heterocycles. The van der Waals surface area contributed by atoms with Crippen LogP contribution in [0.5, 0.6) is 0 Å². The molecule has 0 amide bonds. The SMILES string of the molecule is NC(=NCc1ccc(Cl)cc1)SCCCN1CCCC1. The van der Waals surface area contributed by atoms with Crippen molar-refractivity contribution in [3.63, 3.8) is 0 Å². The van der Waals surface area contributed by atoms with Crippen molar-refractivity contribution in [2.45, 2.75) is 25.8 Å². The van der Waals surface area contributed by atoms with Crippen LogP contribution >= 0.6 is 23.4 Å². The second-order valence-electron chi connectivity index (χ2n) is 5.03. The summed E-state index contributed by atoms with van der Waals surface area (Å²) in [6.45, 7) is 4.36. The monoisotopic (exact) mass is 311 g/mol. The molecule has 0 radical (unpaired) electrons. The molecule has 0 aromatic heterocycles. The Morgan fingerprint density at radius 2 is 1.95 bits per heavy atom. The van der Waals surface area contributed by atoms with Crippen molar-refractivity contribution in [3.05, 3.63) is 34.9 Å². The largest absolute Gasteiger partial charge is 0.379 e. The lowest BCUT2D eigenvalue weighted by Crippen LogP contribution is -2.21. The third-order valence-electron chi connectivity index (χ3n) is 3.40. The number of hydrogen-bond acceptors (Lipinski definition) is 3. The lowest BCUT2D eigenvalue weighted by atomic mass is 10.2. The van der Waals surface area contributed by atoms with E-state index in [1.807, 2.05) is 24.3 Å². The molecule has 1 aromatic rings. The van der Waals surface area contributed by atoms with Crippen LogP contribution in [0.25, 0.3) is 0 Å². The van der Waals surface area contributed by atoms with Crippen LogP contribution in [0.4, 0.5) is 0 Å². The van der Waals surface area contributed by atoms with Gasteiger partial charge in [-0.25, -0.2) is 0 Å². The van der Waals surface area contributed by atoms with Crippen LogP contribution in [0.1, 0.15) is 24.8 Å². The minimum absolute atomic E-state index is 0.627. The van der Waals surface area contributed by atoms with Gasteiger partial charge in [0.05, 0.1) is 6.54 Å². The third kappa shape index (κ3) is 5.73. The van der Waals surface area contributed by atoms with Crippen LogP contribution in [0.15, 0.2) is 29.3 Å². The number of benzene rings is 1. The van der Waals surface area contributed by atoms with Crippen molar-refractivity contribution < 1.29 is 0 Å². The number of aliphatic imine (C=N–C) groups is 1. The molecule has 2 N–H and O–H groups in total. The fourth-order valence-corrected chi connectivity index (χ4v) is 3.04. The summed E-state index contributed by atoms with van der Waals surface area (Å²) in [7, 11) is 0.